The summed E-state index contributed by atoms with van der Waals surface area (Å²) < 4.78 is 0. The summed E-state index contributed by atoms with van der Waals surface area (Å²) in [5.74, 6) is 0. The quantitative estimate of drug-likeness (QED) is 0.486. The molecule has 0 saturated carbocycles. The van der Waals surface area contributed by atoms with E-state index in [9.17, 15) is 0 Å². The molecule has 1 aliphatic rings. The molecule has 1 fully saturated rings. The molecule has 1 saturated heterocycles. The monoisotopic (exact) mass is 114 g/mol. The topological polar surface area (TPSA) is 15.3 Å². The first-order chi connectivity index (χ1) is 3.60. The van der Waals surface area contributed by atoms with Crippen molar-refractivity contribution in [2.45, 2.75) is 19.4 Å². The number of likely N-dealkylation sites (N-methyl/N-ethyl adjacent to an activating group) is 1. The van der Waals surface area contributed by atoms with Crippen LogP contribution in [-0.2, 0) is 0 Å². The summed E-state index contributed by atoms with van der Waals surface area (Å²) >= 11 is 0. The fourth-order valence-electron chi connectivity index (χ4n) is 1.14. The predicted octanol–water partition coefficient (Wildman–Crippen LogP) is 0.257. The van der Waals surface area contributed by atoms with Gasteiger partial charge in [0.15, 0.2) is 0 Å². The third-order valence-electron chi connectivity index (χ3n) is 1.49. The molecule has 1 heterocycles. The molecule has 1 rings (SSSR count). The maximum absolute atomic E-state index is 3.37. The molecule has 0 aliphatic carbocycles. The Kier molecular flexibility index (Phi) is 1.29. The SMILES string of the molecule is CN1CNC(C)(C)C1. The number of nitrogens with one attached hydrogen (secondary N) is 1. The van der Waals surface area contributed by atoms with Crippen LogP contribution in [0.1, 0.15) is 13.8 Å². The van der Waals surface area contributed by atoms with E-state index >= 15 is 0 Å². The van der Waals surface area contributed by atoms with Gasteiger partial charge >= 0.3 is 0 Å². The Bertz CT molecular complexity index is 88.5. The van der Waals surface area contributed by atoms with Crippen molar-refractivity contribution in [2.24, 2.45) is 0 Å². The molecule has 2 heteroatoms. The molecule has 0 aromatic heterocycles. The lowest BCUT2D eigenvalue weighted by atomic mass is 10.1. The van der Waals surface area contributed by atoms with Crippen molar-refractivity contribution < 1.29 is 0 Å². The van der Waals surface area contributed by atoms with Crippen LogP contribution < -0.4 is 5.32 Å². The van der Waals surface area contributed by atoms with Gasteiger partial charge in [0.2, 0.25) is 0 Å². The number of rotatable bonds is 0. The summed E-state index contributed by atoms with van der Waals surface area (Å²) in [6.45, 7) is 6.63. The lowest BCUT2D eigenvalue weighted by Gasteiger charge is -2.15. The van der Waals surface area contributed by atoms with E-state index in [0.717, 1.165) is 13.2 Å². The summed E-state index contributed by atoms with van der Waals surface area (Å²) in [5.41, 5.74) is 0.342. The van der Waals surface area contributed by atoms with Gasteiger partial charge in [0.1, 0.15) is 0 Å². The van der Waals surface area contributed by atoms with Gasteiger partial charge in [0.25, 0.3) is 0 Å². The summed E-state index contributed by atoms with van der Waals surface area (Å²) in [7, 11) is 2.13. The number of hydrogen-bond donors (Lipinski definition) is 1. The number of hydrogen-bond acceptors (Lipinski definition) is 2. The van der Waals surface area contributed by atoms with E-state index in [1.165, 1.54) is 0 Å². The summed E-state index contributed by atoms with van der Waals surface area (Å²) in [5, 5.41) is 3.37. The first-order valence-electron chi connectivity index (χ1n) is 3.04. The molecule has 0 unspecified atom stereocenters. The van der Waals surface area contributed by atoms with Crippen LogP contribution in [0.5, 0.6) is 0 Å². The van der Waals surface area contributed by atoms with Crippen LogP contribution in [0.2, 0.25) is 0 Å². The van der Waals surface area contributed by atoms with Crippen molar-refractivity contribution >= 4 is 0 Å². The molecule has 0 spiro atoms. The highest BCUT2D eigenvalue weighted by Gasteiger charge is 2.25. The summed E-state index contributed by atoms with van der Waals surface area (Å²) in [6, 6.07) is 0. The third-order valence-corrected chi connectivity index (χ3v) is 1.49. The van der Waals surface area contributed by atoms with Crippen LogP contribution >= 0.6 is 0 Å². The normalized spacial score (nSPS) is 28.9. The summed E-state index contributed by atoms with van der Waals surface area (Å²) in [6.07, 6.45) is 0. The molecule has 48 valence electrons. The zero-order valence-corrected chi connectivity index (χ0v) is 5.86. The molecule has 2 nitrogen and oxygen atoms in total. The molecule has 0 aromatic carbocycles. The lowest BCUT2D eigenvalue weighted by Crippen LogP contribution is -2.34. The maximum atomic E-state index is 3.37. The van der Waals surface area contributed by atoms with Gasteiger partial charge in [-0.3, -0.25) is 10.2 Å². The fourth-order valence-corrected chi connectivity index (χ4v) is 1.14. The van der Waals surface area contributed by atoms with Crippen molar-refractivity contribution in [3.63, 3.8) is 0 Å². The van der Waals surface area contributed by atoms with Crippen molar-refractivity contribution in [3.05, 3.63) is 0 Å². The molecule has 8 heavy (non-hydrogen) atoms. The Morgan fingerprint density at radius 2 is 2.12 bits per heavy atom. The predicted molar refractivity (Wildman–Crippen MR) is 34.7 cm³/mol. The zero-order chi connectivity index (χ0) is 6.20. The molecule has 1 aliphatic heterocycles. The Hall–Kier alpha value is -0.0800. The summed E-state index contributed by atoms with van der Waals surface area (Å²) in [4.78, 5) is 2.28. The second-order valence-electron chi connectivity index (χ2n) is 3.23. The largest absolute Gasteiger partial charge is 0.298 e. The van der Waals surface area contributed by atoms with E-state index in [2.05, 4.69) is 31.1 Å². The Morgan fingerprint density at radius 3 is 2.25 bits per heavy atom. The molecule has 0 bridgehead atoms. The highest BCUT2D eigenvalue weighted by Crippen LogP contribution is 2.08. The second kappa shape index (κ2) is 1.71. The van der Waals surface area contributed by atoms with Gasteiger partial charge in [-0.25, -0.2) is 0 Å². The molecular weight excluding hydrogens is 100 g/mol. The van der Waals surface area contributed by atoms with Crippen molar-refractivity contribution in [3.8, 4) is 0 Å². The number of nitrogens with zero attached hydrogens (tertiary/aromatic N) is 1. The van der Waals surface area contributed by atoms with Gasteiger partial charge in [-0.1, -0.05) is 0 Å². The lowest BCUT2D eigenvalue weighted by molar-refractivity contribution is 0.388. The van der Waals surface area contributed by atoms with Crippen LogP contribution in [0.15, 0.2) is 0 Å². The average Bonchev–Trinajstić information content (AvgIpc) is 1.82. The minimum absolute atomic E-state index is 0.342. The fraction of sp³-hybridized carbons (Fsp3) is 1.00. The Morgan fingerprint density at radius 1 is 1.50 bits per heavy atom. The van der Waals surface area contributed by atoms with Gasteiger partial charge < -0.3 is 0 Å². The van der Waals surface area contributed by atoms with E-state index in [4.69, 9.17) is 0 Å². The molecule has 0 atom stereocenters. The van der Waals surface area contributed by atoms with Gasteiger partial charge in [-0.2, -0.15) is 0 Å². The van der Waals surface area contributed by atoms with Crippen LogP contribution in [-0.4, -0.2) is 30.7 Å². The van der Waals surface area contributed by atoms with E-state index in [0.29, 0.717) is 5.54 Å². The first-order valence-corrected chi connectivity index (χ1v) is 3.04. The molecule has 1 N–H and O–H groups in total. The first kappa shape index (κ1) is 6.05. The smallest absolute Gasteiger partial charge is 0.0482 e. The van der Waals surface area contributed by atoms with Gasteiger partial charge in [0, 0.05) is 18.8 Å². The second-order valence-corrected chi connectivity index (χ2v) is 3.23. The van der Waals surface area contributed by atoms with Gasteiger partial charge in [-0.05, 0) is 20.9 Å². The van der Waals surface area contributed by atoms with E-state index in [1.54, 1.807) is 0 Å². The van der Waals surface area contributed by atoms with E-state index < -0.39 is 0 Å². The Labute approximate surface area is 50.9 Å². The minimum Gasteiger partial charge on any atom is -0.298 e. The van der Waals surface area contributed by atoms with Crippen molar-refractivity contribution in [2.75, 3.05) is 20.3 Å². The zero-order valence-electron chi connectivity index (χ0n) is 5.86. The molecular formula is C6H14N2. The van der Waals surface area contributed by atoms with Crippen LogP contribution in [0, 0.1) is 0 Å². The molecule has 0 radical (unpaired) electrons. The standard InChI is InChI=1S/C6H14N2/c1-6(2)4-8(3)5-7-6/h7H,4-5H2,1-3H3. The van der Waals surface area contributed by atoms with Crippen molar-refractivity contribution in [1.82, 2.24) is 10.2 Å². The van der Waals surface area contributed by atoms with Crippen LogP contribution in [0.3, 0.4) is 0 Å². The highest BCUT2D eigenvalue weighted by molar-refractivity contribution is 4.85. The van der Waals surface area contributed by atoms with E-state index in [-0.39, 0.29) is 0 Å². The van der Waals surface area contributed by atoms with Crippen LogP contribution in [0.25, 0.3) is 0 Å². The minimum atomic E-state index is 0.342. The highest BCUT2D eigenvalue weighted by atomic mass is 15.3. The van der Waals surface area contributed by atoms with Crippen LogP contribution in [0.4, 0.5) is 0 Å². The molecule has 0 amide bonds. The molecule has 0 aromatic rings. The van der Waals surface area contributed by atoms with Crippen molar-refractivity contribution in [1.29, 1.82) is 0 Å². The van der Waals surface area contributed by atoms with Gasteiger partial charge in [-0.15, -0.1) is 0 Å². The van der Waals surface area contributed by atoms with Gasteiger partial charge in [0.05, 0.1) is 0 Å². The Balaban J connectivity index is 2.44. The average molecular weight is 114 g/mol. The van der Waals surface area contributed by atoms with E-state index in [1.807, 2.05) is 0 Å². The maximum Gasteiger partial charge on any atom is 0.0482 e. The third kappa shape index (κ3) is 1.20.